The van der Waals surface area contributed by atoms with Crippen molar-refractivity contribution in [3.8, 4) is 51.5 Å². The molecule has 6 heteroatoms. The summed E-state index contributed by atoms with van der Waals surface area (Å²) in [5, 5.41) is 0. The van der Waals surface area contributed by atoms with Crippen molar-refractivity contribution < 1.29 is 9.59 Å². The van der Waals surface area contributed by atoms with Crippen molar-refractivity contribution >= 4 is 57.9 Å². The molecule has 4 heterocycles. The molecule has 0 amide bonds. The first-order valence-electron chi connectivity index (χ1n) is 12.6. The molecule has 190 valence electrons. The maximum atomic E-state index is 11.1. The molecule has 7 rings (SSSR count). The van der Waals surface area contributed by atoms with E-state index < -0.39 is 0 Å². The van der Waals surface area contributed by atoms with Gasteiger partial charge in [0.15, 0.2) is 12.6 Å². The van der Waals surface area contributed by atoms with E-state index in [9.17, 15) is 9.59 Å². The number of rotatable bonds is 6. The lowest BCUT2D eigenvalue weighted by molar-refractivity contribution is 0.111. The van der Waals surface area contributed by atoms with Gasteiger partial charge in [0.1, 0.15) is 0 Å². The van der Waals surface area contributed by atoms with Gasteiger partial charge in [0.2, 0.25) is 0 Å². The second-order valence-electron chi connectivity index (χ2n) is 10.1. The maximum absolute atomic E-state index is 11.1. The van der Waals surface area contributed by atoms with Crippen molar-refractivity contribution in [3.05, 3.63) is 106 Å². The monoisotopic (exact) mass is 578 g/mol. The molecule has 0 fully saturated rings. The largest absolute Gasteiger partial charge is 0.297 e. The normalized spacial score (nSPS) is 13.3. The van der Waals surface area contributed by atoms with Gasteiger partial charge in [0.25, 0.3) is 0 Å². The highest BCUT2D eigenvalue weighted by Crippen LogP contribution is 2.51. The van der Waals surface area contributed by atoms with Gasteiger partial charge in [-0.05, 0) is 94.0 Å². The number of benzene rings is 2. The third kappa shape index (κ3) is 4.10. The third-order valence-corrected chi connectivity index (χ3v) is 12.1. The lowest BCUT2D eigenvalue weighted by atomic mass is 9.81. The fourth-order valence-corrected chi connectivity index (χ4v) is 9.22. The van der Waals surface area contributed by atoms with E-state index in [0.29, 0.717) is 0 Å². The van der Waals surface area contributed by atoms with Crippen molar-refractivity contribution in [1.82, 2.24) is 0 Å². The van der Waals surface area contributed by atoms with Gasteiger partial charge in [0, 0.05) is 34.7 Å². The second-order valence-corrected chi connectivity index (χ2v) is 14.5. The molecule has 0 bridgehead atoms. The molecule has 2 nitrogen and oxygen atoms in total. The van der Waals surface area contributed by atoms with Crippen LogP contribution in [0.1, 0.15) is 44.3 Å². The highest BCUT2D eigenvalue weighted by molar-refractivity contribution is 7.25. The first kappa shape index (κ1) is 24.6. The van der Waals surface area contributed by atoms with E-state index in [0.717, 1.165) is 32.1 Å². The fraction of sp³-hybridized carbons (Fsp3) is 0.0909. The number of hydrogen-bond acceptors (Lipinski definition) is 6. The van der Waals surface area contributed by atoms with Crippen molar-refractivity contribution in [2.24, 2.45) is 0 Å². The molecule has 1 aliphatic carbocycles. The first-order chi connectivity index (χ1) is 18.9. The zero-order valence-electron chi connectivity index (χ0n) is 21.2. The van der Waals surface area contributed by atoms with Crippen LogP contribution in [0.15, 0.2) is 84.9 Å². The van der Waals surface area contributed by atoms with Crippen LogP contribution in [0.2, 0.25) is 0 Å². The highest BCUT2D eigenvalue weighted by Gasteiger charge is 2.36. The number of hydrogen-bond donors (Lipinski definition) is 0. The van der Waals surface area contributed by atoms with Crippen LogP contribution in [0.25, 0.3) is 51.5 Å². The molecule has 39 heavy (non-hydrogen) atoms. The highest BCUT2D eigenvalue weighted by atomic mass is 32.1. The summed E-state index contributed by atoms with van der Waals surface area (Å²) in [6, 6.07) is 30.3. The van der Waals surface area contributed by atoms with E-state index in [1.165, 1.54) is 75.6 Å². The molecule has 2 aromatic carbocycles. The Morgan fingerprint density at radius 2 is 0.872 bits per heavy atom. The molecule has 1 aliphatic rings. The summed E-state index contributed by atoms with van der Waals surface area (Å²) in [5.74, 6) is 0. The van der Waals surface area contributed by atoms with Gasteiger partial charge >= 0.3 is 0 Å². The van der Waals surface area contributed by atoms with Crippen LogP contribution in [0, 0.1) is 0 Å². The molecule has 4 aromatic heterocycles. The Balaban J connectivity index is 1.22. The van der Waals surface area contributed by atoms with E-state index >= 15 is 0 Å². The minimum absolute atomic E-state index is 0.115. The predicted molar refractivity (Wildman–Crippen MR) is 168 cm³/mol. The number of fused-ring (bicyclic) bond motifs is 3. The maximum Gasteiger partial charge on any atom is 0.160 e. The van der Waals surface area contributed by atoms with Gasteiger partial charge in [-0.15, -0.1) is 45.3 Å². The molecule has 6 aromatic rings. The first-order valence-corrected chi connectivity index (χ1v) is 15.8. The van der Waals surface area contributed by atoms with E-state index in [-0.39, 0.29) is 5.41 Å². The quantitative estimate of drug-likeness (QED) is 0.184. The molecule has 0 radical (unpaired) electrons. The molecule has 0 aliphatic heterocycles. The van der Waals surface area contributed by atoms with E-state index in [4.69, 9.17) is 0 Å². The van der Waals surface area contributed by atoms with Gasteiger partial charge < -0.3 is 0 Å². The SMILES string of the molecule is CC1(C)c2cc(-c3ccc(-c4ccc(C=O)s4)s3)ccc2-c2ccc(-c3ccc(-c4ccc(C=O)s4)s3)cc21. The van der Waals surface area contributed by atoms with Crippen LogP contribution in [0.3, 0.4) is 0 Å². The Bertz CT molecular complexity index is 1760. The smallest absolute Gasteiger partial charge is 0.160 e. The summed E-state index contributed by atoms with van der Waals surface area (Å²) in [5.41, 5.74) is 7.67. The Hall–Kier alpha value is -3.42. The van der Waals surface area contributed by atoms with Crippen LogP contribution >= 0.6 is 45.3 Å². The van der Waals surface area contributed by atoms with Crippen molar-refractivity contribution in [3.63, 3.8) is 0 Å². The summed E-state index contributed by atoms with van der Waals surface area (Å²) < 4.78 is 0. The summed E-state index contributed by atoms with van der Waals surface area (Å²) in [6.45, 7) is 4.65. The number of carbonyl (C=O) groups is 2. The van der Waals surface area contributed by atoms with Crippen LogP contribution in [-0.2, 0) is 5.41 Å². The number of thiophene rings is 4. The van der Waals surface area contributed by atoms with Crippen molar-refractivity contribution in [2.45, 2.75) is 19.3 Å². The van der Waals surface area contributed by atoms with Gasteiger partial charge in [-0.2, -0.15) is 0 Å². The fourth-order valence-electron chi connectivity index (χ4n) is 5.39. The van der Waals surface area contributed by atoms with Crippen molar-refractivity contribution in [1.29, 1.82) is 0 Å². The van der Waals surface area contributed by atoms with Crippen LogP contribution in [-0.4, -0.2) is 12.6 Å². The standard InChI is InChI=1S/C33H22O2S4/c1-33(2)25-15-19(27-11-13-31(38-27)29-9-5-21(17-34)36-29)3-7-23(25)24-8-4-20(16-26(24)33)28-12-14-32(39-28)30-10-6-22(18-35)37-30/h3-18H,1-2H3. The molecule has 0 saturated carbocycles. The minimum atomic E-state index is -0.115. The van der Waals surface area contributed by atoms with Gasteiger partial charge in [0.05, 0.1) is 9.75 Å². The minimum Gasteiger partial charge on any atom is -0.297 e. The lowest BCUT2D eigenvalue weighted by Crippen LogP contribution is -2.15. The number of carbonyl (C=O) groups excluding carboxylic acids is 2. The Morgan fingerprint density at radius 1 is 0.487 bits per heavy atom. The van der Waals surface area contributed by atoms with Gasteiger partial charge in [-0.1, -0.05) is 38.1 Å². The van der Waals surface area contributed by atoms with Crippen molar-refractivity contribution in [2.75, 3.05) is 0 Å². The Morgan fingerprint density at radius 3 is 1.28 bits per heavy atom. The number of aldehydes is 2. The molecular formula is C33H22O2S4. The topological polar surface area (TPSA) is 34.1 Å². The Labute approximate surface area is 242 Å². The molecule has 0 N–H and O–H groups in total. The van der Waals surface area contributed by atoms with Gasteiger partial charge in [-0.25, -0.2) is 0 Å². The van der Waals surface area contributed by atoms with Crippen LogP contribution in [0.5, 0.6) is 0 Å². The molecule has 0 spiro atoms. The average molecular weight is 579 g/mol. The second kappa shape index (κ2) is 9.35. The summed E-state index contributed by atoms with van der Waals surface area (Å²) >= 11 is 6.62. The summed E-state index contributed by atoms with van der Waals surface area (Å²) in [4.78, 5) is 30.9. The summed E-state index contributed by atoms with van der Waals surface area (Å²) in [7, 11) is 0. The zero-order chi connectivity index (χ0) is 26.7. The average Bonchev–Trinajstić information content (AvgIpc) is 3.78. The van der Waals surface area contributed by atoms with E-state index in [1.807, 2.05) is 24.3 Å². The lowest BCUT2D eigenvalue weighted by Gasteiger charge is -2.22. The summed E-state index contributed by atoms with van der Waals surface area (Å²) in [6.07, 6.45) is 1.83. The Kier molecular flexibility index (Phi) is 5.90. The van der Waals surface area contributed by atoms with Gasteiger partial charge in [-0.3, -0.25) is 9.59 Å². The molecule has 0 atom stereocenters. The van der Waals surface area contributed by atoms with Crippen LogP contribution < -0.4 is 0 Å². The molecular weight excluding hydrogens is 557 g/mol. The van der Waals surface area contributed by atoms with E-state index in [1.54, 1.807) is 22.7 Å². The predicted octanol–water partition coefficient (Wildman–Crippen LogP) is 10.5. The third-order valence-electron chi connectivity index (χ3n) is 7.43. The zero-order valence-corrected chi connectivity index (χ0v) is 24.5. The molecule has 0 unspecified atom stereocenters. The molecule has 0 saturated heterocycles. The van der Waals surface area contributed by atoms with Crippen LogP contribution in [0.4, 0.5) is 0 Å². The van der Waals surface area contributed by atoms with E-state index in [2.05, 4.69) is 74.5 Å².